The number of carbonyl (C=O) groups is 1. The maximum atomic E-state index is 11.9. The Bertz CT molecular complexity index is 1140. The molecule has 3 N–H and O–H groups in total. The molecule has 27 heavy (non-hydrogen) atoms. The molecule has 0 aliphatic carbocycles. The number of nitrogens with two attached hydrogens (primary N) is 1. The Morgan fingerprint density at radius 2 is 1.78 bits per heavy atom. The van der Waals surface area contributed by atoms with Crippen molar-refractivity contribution in [1.29, 1.82) is 0 Å². The minimum atomic E-state index is -0.550. The number of fused-ring (bicyclic) bond motifs is 3. The molecule has 3 heterocycles. The molecular formula is C19H18N6O2. The van der Waals surface area contributed by atoms with Gasteiger partial charge in [-0.3, -0.25) is 9.89 Å². The average Bonchev–Trinajstić information content (AvgIpc) is 3.33. The lowest BCUT2D eigenvalue weighted by molar-refractivity contribution is 0.0996. The van der Waals surface area contributed by atoms with Gasteiger partial charge in [-0.05, 0) is 36.4 Å². The van der Waals surface area contributed by atoms with Crippen LogP contribution in [0, 0.1) is 0 Å². The third-order valence-corrected chi connectivity index (χ3v) is 4.97. The third kappa shape index (κ3) is 2.53. The van der Waals surface area contributed by atoms with E-state index in [2.05, 4.69) is 32.3 Å². The van der Waals surface area contributed by atoms with Crippen LogP contribution >= 0.6 is 0 Å². The summed E-state index contributed by atoms with van der Waals surface area (Å²) in [7, 11) is 0. The summed E-state index contributed by atoms with van der Waals surface area (Å²) in [6.45, 7) is 3.25. The lowest BCUT2D eigenvalue weighted by Gasteiger charge is -2.28. The molecule has 2 aromatic carbocycles. The fourth-order valence-electron chi connectivity index (χ4n) is 3.62. The van der Waals surface area contributed by atoms with Crippen LogP contribution in [0.1, 0.15) is 10.5 Å². The Kier molecular flexibility index (Phi) is 3.58. The molecule has 1 saturated heterocycles. The number of aromatic amines is 1. The van der Waals surface area contributed by atoms with Gasteiger partial charge < -0.3 is 15.4 Å². The van der Waals surface area contributed by atoms with Gasteiger partial charge in [0.2, 0.25) is 0 Å². The predicted molar refractivity (Wildman–Crippen MR) is 102 cm³/mol. The SMILES string of the molecule is NC(=O)c1nn(-c2ccc(N3CCOCC3)cc2)c2c1ccc1[nH]ncc12. The number of amides is 1. The standard InChI is InChI=1S/C19H18N6O2/c20-19(26)17-14-5-6-16-15(11-21-22-16)18(14)25(23-17)13-3-1-12(2-4-13)24-7-9-27-10-8-24/h1-6,11H,7-10H2,(H2,20,26)(H,21,22). The Morgan fingerprint density at radius 3 is 2.52 bits per heavy atom. The van der Waals surface area contributed by atoms with Crippen LogP contribution in [0.15, 0.2) is 42.6 Å². The van der Waals surface area contributed by atoms with Crippen molar-refractivity contribution < 1.29 is 9.53 Å². The molecular weight excluding hydrogens is 344 g/mol. The van der Waals surface area contributed by atoms with Crippen molar-refractivity contribution in [3.05, 3.63) is 48.3 Å². The summed E-state index contributed by atoms with van der Waals surface area (Å²) in [4.78, 5) is 14.2. The number of nitrogens with one attached hydrogen (secondary N) is 1. The molecule has 1 amide bonds. The average molecular weight is 362 g/mol. The van der Waals surface area contributed by atoms with E-state index in [0.717, 1.165) is 54.1 Å². The number of H-pyrrole nitrogens is 1. The molecule has 1 fully saturated rings. The van der Waals surface area contributed by atoms with Crippen LogP contribution in [0.4, 0.5) is 5.69 Å². The van der Waals surface area contributed by atoms with Crippen molar-refractivity contribution in [2.45, 2.75) is 0 Å². The summed E-state index contributed by atoms with van der Waals surface area (Å²) >= 11 is 0. The summed E-state index contributed by atoms with van der Waals surface area (Å²) < 4.78 is 7.17. The fraction of sp³-hybridized carbons (Fsp3) is 0.211. The van der Waals surface area contributed by atoms with Crippen molar-refractivity contribution in [2.75, 3.05) is 31.2 Å². The van der Waals surface area contributed by atoms with Crippen LogP contribution in [0.5, 0.6) is 0 Å². The second kappa shape index (κ2) is 6.10. The van der Waals surface area contributed by atoms with Gasteiger partial charge in [-0.2, -0.15) is 10.2 Å². The highest BCUT2D eigenvalue weighted by Gasteiger charge is 2.19. The van der Waals surface area contributed by atoms with Crippen LogP contribution in [-0.2, 0) is 4.74 Å². The van der Waals surface area contributed by atoms with E-state index >= 15 is 0 Å². The number of ether oxygens (including phenoxy) is 1. The van der Waals surface area contributed by atoms with Crippen molar-refractivity contribution in [1.82, 2.24) is 20.0 Å². The Labute approximate surface area is 154 Å². The number of nitrogens with zero attached hydrogens (tertiary/aromatic N) is 4. The number of anilines is 1. The first-order valence-corrected chi connectivity index (χ1v) is 8.80. The molecule has 1 aliphatic heterocycles. The van der Waals surface area contributed by atoms with Gasteiger partial charge in [0.25, 0.3) is 5.91 Å². The number of hydrogen-bond donors (Lipinski definition) is 2. The highest BCUT2D eigenvalue weighted by atomic mass is 16.5. The number of morpholine rings is 1. The Hall–Kier alpha value is -3.39. The van der Waals surface area contributed by atoms with Crippen molar-refractivity contribution in [3.63, 3.8) is 0 Å². The van der Waals surface area contributed by atoms with E-state index in [1.54, 1.807) is 10.9 Å². The van der Waals surface area contributed by atoms with Crippen LogP contribution < -0.4 is 10.6 Å². The van der Waals surface area contributed by atoms with Crippen LogP contribution in [0.2, 0.25) is 0 Å². The normalized spacial score (nSPS) is 14.9. The van der Waals surface area contributed by atoms with Gasteiger partial charge in [0.1, 0.15) is 0 Å². The first-order chi connectivity index (χ1) is 13.2. The number of carbonyl (C=O) groups excluding carboxylic acids is 1. The fourth-order valence-corrected chi connectivity index (χ4v) is 3.62. The molecule has 4 aromatic rings. The first-order valence-electron chi connectivity index (χ1n) is 8.80. The monoisotopic (exact) mass is 362 g/mol. The molecule has 0 unspecified atom stereocenters. The van der Waals surface area contributed by atoms with Crippen LogP contribution in [0.25, 0.3) is 27.5 Å². The molecule has 0 spiro atoms. The van der Waals surface area contributed by atoms with E-state index in [1.165, 1.54) is 0 Å². The smallest absolute Gasteiger partial charge is 0.269 e. The number of hydrogen-bond acceptors (Lipinski definition) is 5. The molecule has 0 radical (unpaired) electrons. The topological polar surface area (TPSA) is 102 Å². The molecule has 0 bridgehead atoms. The summed E-state index contributed by atoms with van der Waals surface area (Å²) in [6, 6.07) is 11.9. The number of aromatic nitrogens is 4. The van der Waals surface area contributed by atoms with E-state index in [4.69, 9.17) is 10.5 Å². The number of rotatable bonds is 3. The lowest BCUT2D eigenvalue weighted by atomic mass is 10.1. The van der Waals surface area contributed by atoms with E-state index < -0.39 is 5.91 Å². The van der Waals surface area contributed by atoms with Gasteiger partial charge in [0.05, 0.1) is 36.1 Å². The quantitative estimate of drug-likeness (QED) is 0.579. The van der Waals surface area contributed by atoms with Gasteiger partial charge >= 0.3 is 0 Å². The zero-order valence-corrected chi connectivity index (χ0v) is 14.6. The summed E-state index contributed by atoms with van der Waals surface area (Å²) in [5, 5.41) is 13.2. The Morgan fingerprint density at radius 1 is 1.04 bits per heavy atom. The maximum absolute atomic E-state index is 11.9. The lowest BCUT2D eigenvalue weighted by Crippen LogP contribution is -2.36. The molecule has 1 aliphatic rings. The molecule has 0 saturated carbocycles. The van der Waals surface area contributed by atoms with E-state index in [9.17, 15) is 4.79 Å². The molecule has 136 valence electrons. The minimum Gasteiger partial charge on any atom is -0.378 e. The van der Waals surface area contributed by atoms with Crippen molar-refractivity contribution in [3.8, 4) is 5.69 Å². The zero-order valence-electron chi connectivity index (χ0n) is 14.6. The molecule has 8 heteroatoms. The second-order valence-corrected chi connectivity index (χ2v) is 6.53. The highest BCUT2D eigenvalue weighted by Crippen LogP contribution is 2.29. The van der Waals surface area contributed by atoms with Crippen LogP contribution in [-0.4, -0.2) is 52.2 Å². The minimum absolute atomic E-state index is 0.255. The summed E-state index contributed by atoms with van der Waals surface area (Å²) in [5.41, 5.74) is 9.50. The van der Waals surface area contributed by atoms with Gasteiger partial charge in [0.15, 0.2) is 5.69 Å². The van der Waals surface area contributed by atoms with E-state index in [1.807, 2.05) is 24.3 Å². The maximum Gasteiger partial charge on any atom is 0.269 e. The van der Waals surface area contributed by atoms with E-state index in [0.29, 0.717) is 5.39 Å². The molecule has 0 atom stereocenters. The van der Waals surface area contributed by atoms with Crippen molar-refractivity contribution >= 4 is 33.4 Å². The largest absolute Gasteiger partial charge is 0.378 e. The van der Waals surface area contributed by atoms with Crippen LogP contribution in [0.3, 0.4) is 0 Å². The molecule has 2 aromatic heterocycles. The molecule has 8 nitrogen and oxygen atoms in total. The third-order valence-electron chi connectivity index (χ3n) is 4.97. The molecule has 5 rings (SSSR count). The second-order valence-electron chi connectivity index (χ2n) is 6.53. The zero-order chi connectivity index (χ0) is 18.4. The van der Waals surface area contributed by atoms with Crippen molar-refractivity contribution in [2.24, 2.45) is 5.73 Å². The van der Waals surface area contributed by atoms with E-state index in [-0.39, 0.29) is 5.69 Å². The number of primary amides is 1. The van der Waals surface area contributed by atoms with Gasteiger partial charge in [-0.25, -0.2) is 4.68 Å². The summed E-state index contributed by atoms with van der Waals surface area (Å²) in [5.74, 6) is -0.550. The Balaban J connectivity index is 1.65. The van der Waals surface area contributed by atoms with Gasteiger partial charge in [0, 0.05) is 29.5 Å². The number of benzene rings is 2. The van der Waals surface area contributed by atoms with Gasteiger partial charge in [-0.1, -0.05) is 0 Å². The highest BCUT2D eigenvalue weighted by molar-refractivity contribution is 6.12. The first kappa shape index (κ1) is 15.8. The predicted octanol–water partition coefficient (Wildman–Crippen LogP) is 1.84. The summed E-state index contributed by atoms with van der Waals surface area (Å²) in [6.07, 6.45) is 1.74. The van der Waals surface area contributed by atoms with Gasteiger partial charge in [-0.15, -0.1) is 0 Å².